The summed E-state index contributed by atoms with van der Waals surface area (Å²) in [5.41, 5.74) is 6.97. The number of alkyl carbamates (subject to hydrolysis) is 1. The van der Waals surface area contributed by atoms with Crippen LogP contribution in [0.4, 0.5) is 4.79 Å². The molecule has 0 saturated heterocycles. The monoisotopic (exact) mass is 288 g/mol. The Morgan fingerprint density at radius 1 is 1.58 bits per heavy atom. The Morgan fingerprint density at radius 3 is 2.58 bits per heavy atom. The van der Waals surface area contributed by atoms with Crippen molar-refractivity contribution >= 4 is 17.7 Å². The molecule has 7 heteroatoms. The zero-order valence-corrected chi connectivity index (χ0v) is 12.7. The molecule has 1 atom stereocenters. The molecule has 19 heavy (non-hydrogen) atoms. The van der Waals surface area contributed by atoms with E-state index in [0.717, 1.165) is 11.3 Å². The lowest BCUT2D eigenvalue weighted by Crippen LogP contribution is -2.36. The van der Waals surface area contributed by atoms with Crippen LogP contribution in [0.5, 0.6) is 0 Å². The van der Waals surface area contributed by atoms with E-state index in [2.05, 4.69) is 10.4 Å². The Labute approximate surface area is 118 Å². The number of hydrogen-bond donors (Lipinski definition) is 2. The zero-order chi connectivity index (χ0) is 14.8. The van der Waals surface area contributed by atoms with E-state index in [-0.39, 0.29) is 6.54 Å². The van der Waals surface area contributed by atoms with Crippen molar-refractivity contribution in [2.75, 3.05) is 6.54 Å². The second-order valence-corrected chi connectivity index (χ2v) is 5.76. The number of halogens is 1. The highest BCUT2D eigenvalue weighted by Crippen LogP contribution is 2.23. The van der Waals surface area contributed by atoms with E-state index in [1.807, 2.05) is 6.92 Å². The van der Waals surface area contributed by atoms with Crippen molar-refractivity contribution in [3.05, 3.63) is 16.4 Å². The lowest BCUT2D eigenvalue weighted by atomic mass is 10.1. The van der Waals surface area contributed by atoms with Gasteiger partial charge in [0.25, 0.3) is 0 Å². The van der Waals surface area contributed by atoms with E-state index in [1.165, 1.54) is 0 Å². The number of amides is 1. The number of hydrogen-bond acceptors (Lipinski definition) is 4. The van der Waals surface area contributed by atoms with Gasteiger partial charge in [-0.25, -0.2) is 4.79 Å². The summed E-state index contributed by atoms with van der Waals surface area (Å²) >= 11 is 6.11. The molecule has 1 rings (SSSR count). The Hall–Kier alpha value is -1.27. The van der Waals surface area contributed by atoms with Crippen LogP contribution in [-0.4, -0.2) is 28.0 Å². The third kappa shape index (κ3) is 4.40. The van der Waals surface area contributed by atoms with Crippen LogP contribution in [0.2, 0.25) is 5.15 Å². The molecule has 1 amide bonds. The number of aromatic nitrogens is 2. The summed E-state index contributed by atoms with van der Waals surface area (Å²) in [6.07, 6.45) is -0.499. The van der Waals surface area contributed by atoms with Gasteiger partial charge in [0.15, 0.2) is 0 Å². The molecule has 0 fully saturated rings. The minimum absolute atomic E-state index is 0.237. The molecule has 1 aromatic rings. The number of carbonyl (C=O) groups excluding carboxylic acids is 1. The van der Waals surface area contributed by atoms with Crippen LogP contribution in [0.25, 0.3) is 0 Å². The topological polar surface area (TPSA) is 82.2 Å². The van der Waals surface area contributed by atoms with Crippen LogP contribution in [0.15, 0.2) is 0 Å². The van der Waals surface area contributed by atoms with Gasteiger partial charge >= 0.3 is 6.09 Å². The van der Waals surface area contributed by atoms with E-state index in [0.29, 0.717) is 5.15 Å². The molecule has 1 aromatic heterocycles. The van der Waals surface area contributed by atoms with E-state index in [9.17, 15) is 4.79 Å². The van der Waals surface area contributed by atoms with E-state index in [4.69, 9.17) is 22.1 Å². The Morgan fingerprint density at radius 2 is 2.16 bits per heavy atom. The van der Waals surface area contributed by atoms with E-state index < -0.39 is 17.7 Å². The molecule has 3 N–H and O–H groups in total. The van der Waals surface area contributed by atoms with Gasteiger partial charge in [-0.3, -0.25) is 4.68 Å². The fraction of sp³-hybridized carbons (Fsp3) is 0.667. The third-order valence-electron chi connectivity index (χ3n) is 2.43. The average molecular weight is 289 g/mol. The summed E-state index contributed by atoms with van der Waals surface area (Å²) in [5, 5.41) is 7.28. The molecule has 1 unspecified atom stereocenters. The summed E-state index contributed by atoms with van der Waals surface area (Å²) in [7, 11) is 1.74. The lowest BCUT2D eigenvalue weighted by Gasteiger charge is -2.20. The molecular formula is C12H21ClN4O2. The maximum absolute atomic E-state index is 11.5. The number of nitrogens with two attached hydrogens (primary N) is 1. The van der Waals surface area contributed by atoms with Crippen molar-refractivity contribution in [2.45, 2.75) is 39.3 Å². The molecule has 0 saturated carbocycles. The second kappa shape index (κ2) is 5.79. The molecule has 0 aliphatic rings. The van der Waals surface area contributed by atoms with Gasteiger partial charge in [-0.1, -0.05) is 11.6 Å². The highest BCUT2D eigenvalue weighted by Gasteiger charge is 2.20. The first-order valence-electron chi connectivity index (χ1n) is 6.03. The molecule has 1 heterocycles. The molecular weight excluding hydrogens is 268 g/mol. The minimum atomic E-state index is -0.532. The summed E-state index contributed by atoms with van der Waals surface area (Å²) in [6, 6.07) is -0.422. The van der Waals surface area contributed by atoms with Crippen molar-refractivity contribution in [3.8, 4) is 0 Å². The number of ether oxygens (including phenoxy) is 1. The Kier molecular flexibility index (Phi) is 4.81. The van der Waals surface area contributed by atoms with Crippen LogP contribution < -0.4 is 11.1 Å². The predicted octanol–water partition coefficient (Wildman–Crippen LogP) is 1.91. The van der Waals surface area contributed by atoms with Crippen molar-refractivity contribution in [1.82, 2.24) is 15.1 Å². The standard InChI is InChI=1S/C12H21ClN4O2/c1-7-9(10(13)17(5)16-7)8(14)6-15-11(18)19-12(2,3)4/h8H,6,14H2,1-5H3,(H,15,18). The average Bonchev–Trinajstić information content (AvgIpc) is 2.47. The maximum Gasteiger partial charge on any atom is 0.407 e. The van der Waals surface area contributed by atoms with Crippen LogP contribution in [-0.2, 0) is 11.8 Å². The lowest BCUT2D eigenvalue weighted by molar-refractivity contribution is 0.0524. The first-order valence-corrected chi connectivity index (χ1v) is 6.41. The van der Waals surface area contributed by atoms with Crippen molar-refractivity contribution in [2.24, 2.45) is 12.8 Å². The number of nitrogens with zero attached hydrogens (tertiary/aromatic N) is 2. The van der Waals surface area contributed by atoms with Crippen LogP contribution in [0, 0.1) is 6.92 Å². The second-order valence-electron chi connectivity index (χ2n) is 5.40. The fourth-order valence-electron chi connectivity index (χ4n) is 1.68. The van der Waals surface area contributed by atoms with Gasteiger partial charge in [0.2, 0.25) is 0 Å². The summed E-state index contributed by atoms with van der Waals surface area (Å²) < 4.78 is 6.69. The predicted molar refractivity (Wildman–Crippen MR) is 74.1 cm³/mol. The van der Waals surface area contributed by atoms with Crippen molar-refractivity contribution in [3.63, 3.8) is 0 Å². The molecule has 0 aromatic carbocycles. The first kappa shape index (κ1) is 15.8. The maximum atomic E-state index is 11.5. The van der Waals surface area contributed by atoms with Crippen LogP contribution in [0.3, 0.4) is 0 Å². The number of aryl methyl sites for hydroxylation is 2. The van der Waals surface area contributed by atoms with Gasteiger partial charge in [-0.15, -0.1) is 0 Å². The van der Waals surface area contributed by atoms with Crippen LogP contribution >= 0.6 is 11.6 Å². The smallest absolute Gasteiger partial charge is 0.407 e. The zero-order valence-electron chi connectivity index (χ0n) is 12.0. The quantitative estimate of drug-likeness (QED) is 0.890. The minimum Gasteiger partial charge on any atom is -0.444 e. The third-order valence-corrected chi connectivity index (χ3v) is 2.88. The van der Waals surface area contributed by atoms with Gasteiger partial charge < -0.3 is 15.8 Å². The van der Waals surface area contributed by atoms with Gasteiger partial charge in [-0.05, 0) is 27.7 Å². The van der Waals surface area contributed by atoms with Gasteiger partial charge in [-0.2, -0.15) is 5.10 Å². The summed E-state index contributed by atoms with van der Waals surface area (Å²) in [6.45, 7) is 7.47. The van der Waals surface area contributed by atoms with Crippen molar-refractivity contribution < 1.29 is 9.53 Å². The van der Waals surface area contributed by atoms with Gasteiger partial charge in [0.05, 0.1) is 11.7 Å². The molecule has 0 aliphatic heterocycles. The highest BCUT2D eigenvalue weighted by molar-refractivity contribution is 6.30. The number of carbonyl (C=O) groups is 1. The number of rotatable bonds is 3. The normalized spacial score (nSPS) is 13.2. The SMILES string of the molecule is Cc1nn(C)c(Cl)c1C(N)CNC(=O)OC(C)(C)C. The van der Waals surface area contributed by atoms with Gasteiger partial charge in [0, 0.05) is 19.2 Å². The molecule has 6 nitrogen and oxygen atoms in total. The van der Waals surface area contributed by atoms with Crippen molar-refractivity contribution in [1.29, 1.82) is 0 Å². The van der Waals surface area contributed by atoms with E-state index >= 15 is 0 Å². The molecule has 0 bridgehead atoms. The van der Waals surface area contributed by atoms with E-state index in [1.54, 1.807) is 32.5 Å². The Bertz CT molecular complexity index is 465. The largest absolute Gasteiger partial charge is 0.444 e. The molecule has 0 spiro atoms. The summed E-state index contributed by atoms with van der Waals surface area (Å²) in [5.74, 6) is 0. The van der Waals surface area contributed by atoms with Gasteiger partial charge in [0.1, 0.15) is 10.8 Å². The Balaban J connectivity index is 2.61. The molecule has 108 valence electrons. The van der Waals surface area contributed by atoms with Crippen LogP contribution in [0.1, 0.15) is 38.1 Å². The fourth-order valence-corrected chi connectivity index (χ4v) is 1.99. The summed E-state index contributed by atoms with van der Waals surface area (Å²) in [4.78, 5) is 11.5. The first-order chi connectivity index (χ1) is 8.61. The highest BCUT2D eigenvalue weighted by atomic mass is 35.5. The number of nitrogens with one attached hydrogen (secondary N) is 1. The molecule has 0 radical (unpaired) electrons. The molecule has 0 aliphatic carbocycles.